The number of carbonyl (C=O) groups excluding carboxylic acids is 1. The van der Waals surface area contributed by atoms with Gasteiger partial charge < -0.3 is 5.32 Å². The molecule has 0 aromatic rings. The number of rotatable bonds is 3. The summed E-state index contributed by atoms with van der Waals surface area (Å²) in [5.41, 5.74) is 1.27. The molecule has 0 heterocycles. The standard InChI is InChI=1S/C9H13NO/c1-2-6-10-9(11)7-8-4-3-5-8/h2,7H,1,3-6H2,(H,10,11). The van der Waals surface area contributed by atoms with Gasteiger partial charge in [0.1, 0.15) is 0 Å². The maximum atomic E-state index is 11.0. The van der Waals surface area contributed by atoms with Crippen LogP contribution in [0.2, 0.25) is 0 Å². The lowest BCUT2D eigenvalue weighted by atomic mass is 9.92. The molecule has 1 rings (SSSR count). The van der Waals surface area contributed by atoms with Gasteiger partial charge in [-0.15, -0.1) is 6.58 Å². The van der Waals surface area contributed by atoms with Crippen LogP contribution < -0.4 is 5.32 Å². The summed E-state index contributed by atoms with van der Waals surface area (Å²) in [4.78, 5) is 11.0. The maximum Gasteiger partial charge on any atom is 0.244 e. The van der Waals surface area contributed by atoms with E-state index in [1.54, 1.807) is 12.2 Å². The van der Waals surface area contributed by atoms with Crippen molar-refractivity contribution in [3.63, 3.8) is 0 Å². The number of allylic oxidation sites excluding steroid dienone is 1. The molecule has 1 saturated carbocycles. The van der Waals surface area contributed by atoms with Gasteiger partial charge in [-0.05, 0) is 19.3 Å². The minimum Gasteiger partial charge on any atom is -0.349 e. The van der Waals surface area contributed by atoms with Crippen LogP contribution in [0, 0.1) is 0 Å². The number of hydrogen-bond acceptors (Lipinski definition) is 1. The summed E-state index contributed by atoms with van der Waals surface area (Å²) in [6, 6.07) is 0. The van der Waals surface area contributed by atoms with Crippen molar-refractivity contribution in [2.75, 3.05) is 6.54 Å². The van der Waals surface area contributed by atoms with E-state index in [2.05, 4.69) is 11.9 Å². The van der Waals surface area contributed by atoms with Crippen molar-refractivity contribution in [3.05, 3.63) is 24.3 Å². The van der Waals surface area contributed by atoms with Gasteiger partial charge in [-0.1, -0.05) is 11.6 Å². The molecule has 0 aromatic heterocycles. The molecule has 0 aliphatic heterocycles. The van der Waals surface area contributed by atoms with E-state index >= 15 is 0 Å². The number of carbonyl (C=O) groups is 1. The van der Waals surface area contributed by atoms with Gasteiger partial charge in [0.2, 0.25) is 5.91 Å². The molecule has 0 bridgehead atoms. The van der Waals surface area contributed by atoms with Crippen LogP contribution in [-0.2, 0) is 4.79 Å². The van der Waals surface area contributed by atoms with Crippen LogP contribution in [0.15, 0.2) is 24.3 Å². The summed E-state index contributed by atoms with van der Waals surface area (Å²) < 4.78 is 0. The van der Waals surface area contributed by atoms with Crippen molar-refractivity contribution >= 4 is 5.91 Å². The zero-order valence-electron chi connectivity index (χ0n) is 6.60. The van der Waals surface area contributed by atoms with E-state index in [1.807, 2.05) is 0 Å². The average molecular weight is 151 g/mol. The Bertz CT molecular complexity index is 188. The molecule has 2 nitrogen and oxygen atoms in total. The van der Waals surface area contributed by atoms with Gasteiger partial charge in [0.25, 0.3) is 0 Å². The van der Waals surface area contributed by atoms with Gasteiger partial charge in [0.15, 0.2) is 0 Å². The fourth-order valence-corrected chi connectivity index (χ4v) is 0.934. The Labute approximate surface area is 67.0 Å². The summed E-state index contributed by atoms with van der Waals surface area (Å²) in [6.45, 7) is 4.07. The highest BCUT2D eigenvalue weighted by Gasteiger charge is 2.09. The highest BCUT2D eigenvalue weighted by Crippen LogP contribution is 2.24. The Balaban J connectivity index is 2.24. The SMILES string of the molecule is C=CCNC(=O)C=C1CCC1. The molecule has 0 radical (unpaired) electrons. The van der Waals surface area contributed by atoms with E-state index in [1.165, 1.54) is 12.0 Å². The Morgan fingerprint density at radius 2 is 2.36 bits per heavy atom. The first-order valence-electron chi connectivity index (χ1n) is 3.91. The minimum atomic E-state index is 0.0135. The van der Waals surface area contributed by atoms with Crippen molar-refractivity contribution < 1.29 is 4.79 Å². The number of hydrogen-bond donors (Lipinski definition) is 1. The Kier molecular flexibility index (Phi) is 2.90. The lowest BCUT2D eigenvalue weighted by molar-refractivity contribution is -0.116. The van der Waals surface area contributed by atoms with E-state index in [-0.39, 0.29) is 5.91 Å². The molecule has 1 amide bonds. The Hall–Kier alpha value is -1.05. The molecule has 0 aromatic carbocycles. The van der Waals surface area contributed by atoms with Gasteiger partial charge in [-0.25, -0.2) is 0 Å². The Morgan fingerprint density at radius 3 is 2.82 bits per heavy atom. The third-order valence-corrected chi connectivity index (χ3v) is 1.75. The average Bonchev–Trinajstić information content (AvgIpc) is 1.93. The first-order valence-corrected chi connectivity index (χ1v) is 3.91. The monoisotopic (exact) mass is 151 g/mol. The summed E-state index contributed by atoms with van der Waals surface area (Å²) in [5.74, 6) is 0.0135. The third kappa shape index (κ3) is 2.58. The molecular weight excluding hydrogens is 138 g/mol. The molecule has 11 heavy (non-hydrogen) atoms. The third-order valence-electron chi connectivity index (χ3n) is 1.75. The van der Waals surface area contributed by atoms with Crippen LogP contribution >= 0.6 is 0 Å². The highest BCUT2D eigenvalue weighted by atomic mass is 16.1. The lowest BCUT2D eigenvalue weighted by Gasteiger charge is -2.15. The van der Waals surface area contributed by atoms with Crippen LogP contribution in [0.5, 0.6) is 0 Å². The summed E-state index contributed by atoms with van der Waals surface area (Å²) >= 11 is 0. The lowest BCUT2D eigenvalue weighted by Crippen LogP contribution is -2.21. The van der Waals surface area contributed by atoms with Gasteiger partial charge in [-0.3, -0.25) is 4.79 Å². The molecule has 0 atom stereocenters. The second-order valence-corrected chi connectivity index (χ2v) is 2.69. The van der Waals surface area contributed by atoms with Gasteiger partial charge in [0.05, 0.1) is 0 Å². The molecule has 1 N–H and O–H groups in total. The predicted molar refractivity (Wildman–Crippen MR) is 45.1 cm³/mol. The van der Waals surface area contributed by atoms with E-state index in [4.69, 9.17) is 0 Å². The first-order chi connectivity index (χ1) is 5.33. The molecule has 60 valence electrons. The van der Waals surface area contributed by atoms with E-state index < -0.39 is 0 Å². The van der Waals surface area contributed by atoms with E-state index in [9.17, 15) is 4.79 Å². The van der Waals surface area contributed by atoms with Crippen molar-refractivity contribution in [1.82, 2.24) is 5.32 Å². The summed E-state index contributed by atoms with van der Waals surface area (Å²) in [7, 11) is 0. The number of amides is 1. The van der Waals surface area contributed by atoms with Gasteiger partial charge in [-0.2, -0.15) is 0 Å². The molecule has 2 heteroatoms. The van der Waals surface area contributed by atoms with E-state index in [0.717, 1.165) is 12.8 Å². The smallest absolute Gasteiger partial charge is 0.244 e. The molecular formula is C9H13NO. The van der Waals surface area contributed by atoms with Crippen LogP contribution in [-0.4, -0.2) is 12.5 Å². The van der Waals surface area contributed by atoms with Crippen molar-refractivity contribution in [1.29, 1.82) is 0 Å². The zero-order chi connectivity index (χ0) is 8.10. The summed E-state index contributed by atoms with van der Waals surface area (Å²) in [5, 5.41) is 2.70. The minimum absolute atomic E-state index is 0.0135. The second-order valence-electron chi connectivity index (χ2n) is 2.69. The zero-order valence-corrected chi connectivity index (χ0v) is 6.60. The largest absolute Gasteiger partial charge is 0.349 e. The first kappa shape index (κ1) is 8.05. The molecule has 1 fully saturated rings. The van der Waals surface area contributed by atoms with Crippen molar-refractivity contribution in [3.8, 4) is 0 Å². The Morgan fingerprint density at radius 1 is 1.64 bits per heavy atom. The topological polar surface area (TPSA) is 29.1 Å². The van der Waals surface area contributed by atoms with Crippen LogP contribution in [0.1, 0.15) is 19.3 Å². The van der Waals surface area contributed by atoms with E-state index in [0.29, 0.717) is 6.54 Å². The fraction of sp³-hybridized carbons (Fsp3) is 0.444. The fourth-order valence-electron chi connectivity index (χ4n) is 0.934. The van der Waals surface area contributed by atoms with Crippen molar-refractivity contribution in [2.45, 2.75) is 19.3 Å². The maximum absolute atomic E-state index is 11.0. The highest BCUT2D eigenvalue weighted by molar-refractivity contribution is 5.88. The molecule has 1 aliphatic carbocycles. The van der Waals surface area contributed by atoms with Crippen LogP contribution in [0.4, 0.5) is 0 Å². The predicted octanol–water partition coefficient (Wildman–Crippen LogP) is 1.40. The van der Waals surface area contributed by atoms with Gasteiger partial charge >= 0.3 is 0 Å². The second kappa shape index (κ2) is 3.96. The normalized spacial score (nSPS) is 15.1. The van der Waals surface area contributed by atoms with Crippen molar-refractivity contribution in [2.24, 2.45) is 0 Å². The molecule has 1 aliphatic rings. The molecule has 0 saturated heterocycles. The molecule has 0 spiro atoms. The quantitative estimate of drug-likeness (QED) is 0.479. The number of nitrogens with one attached hydrogen (secondary N) is 1. The summed E-state index contributed by atoms with van der Waals surface area (Å²) in [6.07, 6.45) is 6.81. The van der Waals surface area contributed by atoms with Crippen LogP contribution in [0.3, 0.4) is 0 Å². The van der Waals surface area contributed by atoms with Gasteiger partial charge in [0, 0.05) is 12.6 Å². The van der Waals surface area contributed by atoms with Crippen LogP contribution in [0.25, 0.3) is 0 Å². The molecule has 0 unspecified atom stereocenters.